The SMILES string of the molecule is CC(Cc1cccs1)N(C)C(=O)c1cc(N)cc(Br)c1. The second-order valence-corrected chi connectivity index (χ2v) is 6.77. The Labute approximate surface area is 131 Å². The van der Waals surface area contributed by atoms with Gasteiger partial charge in [-0.15, -0.1) is 11.3 Å². The highest BCUT2D eigenvalue weighted by atomic mass is 79.9. The molecule has 1 atom stereocenters. The van der Waals surface area contributed by atoms with Crippen LogP contribution in [0.5, 0.6) is 0 Å². The molecule has 2 N–H and O–H groups in total. The first-order chi connectivity index (χ1) is 9.47. The Morgan fingerprint density at radius 1 is 1.45 bits per heavy atom. The lowest BCUT2D eigenvalue weighted by Crippen LogP contribution is -2.36. The maximum Gasteiger partial charge on any atom is 0.253 e. The van der Waals surface area contributed by atoms with Crippen LogP contribution in [0.2, 0.25) is 0 Å². The van der Waals surface area contributed by atoms with Gasteiger partial charge in [0.05, 0.1) is 0 Å². The Balaban J connectivity index is 2.11. The number of rotatable bonds is 4. The van der Waals surface area contributed by atoms with Crippen LogP contribution in [0.1, 0.15) is 22.2 Å². The fourth-order valence-corrected chi connectivity index (χ4v) is 3.33. The van der Waals surface area contributed by atoms with Crippen LogP contribution in [0.3, 0.4) is 0 Å². The van der Waals surface area contributed by atoms with Gasteiger partial charge in [-0.25, -0.2) is 0 Å². The van der Waals surface area contributed by atoms with Crippen molar-refractivity contribution in [2.24, 2.45) is 0 Å². The topological polar surface area (TPSA) is 46.3 Å². The van der Waals surface area contributed by atoms with E-state index < -0.39 is 0 Å². The maximum atomic E-state index is 12.5. The number of nitrogens with zero attached hydrogens (tertiary/aromatic N) is 1. The summed E-state index contributed by atoms with van der Waals surface area (Å²) in [6.45, 7) is 2.05. The van der Waals surface area contributed by atoms with Crippen molar-refractivity contribution in [2.75, 3.05) is 12.8 Å². The van der Waals surface area contributed by atoms with E-state index >= 15 is 0 Å². The number of halogens is 1. The zero-order valence-electron chi connectivity index (χ0n) is 11.5. The molecule has 1 aromatic carbocycles. The van der Waals surface area contributed by atoms with E-state index in [1.54, 1.807) is 34.4 Å². The first-order valence-electron chi connectivity index (χ1n) is 6.33. The lowest BCUT2D eigenvalue weighted by molar-refractivity contribution is 0.0744. The van der Waals surface area contributed by atoms with E-state index in [9.17, 15) is 4.79 Å². The molecular weight excluding hydrogens is 336 g/mol. The van der Waals surface area contributed by atoms with Gasteiger partial charge in [0.25, 0.3) is 5.91 Å². The molecule has 20 heavy (non-hydrogen) atoms. The van der Waals surface area contributed by atoms with E-state index in [0.29, 0.717) is 11.3 Å². The Kier molecular flexibility index (Phi) is 4.83. The van der Waals surface area contributed by atoms with Crippen LogP contribution in [0.4, 0.5) is 5.69 Å². The minimum Gasteiger partial charge on any atom is -0.399 e. The van der Waals surface area contributed by atoms with Crippen LogP contribution < -0.4 is 5.73 Å². The zero-order chi connectivity index (χ0) is 14.7. The molecule has 0 fully saturated rings. The Morgan fingerprint density at radius 3 is 2.80 bits per heavy atom. The predicted octanol–water partition coefficient (Wildman–Crippen LogP) is 3.80. The number of amides is 1. The van der Waals surface area contributed by atoms with E-state index in [-0.39, 0.29) is 11.9 Å². The van der Waals surface area contributed by atoms with Gasteiger partial charge in [0.1, 0.15) is 0 Å². The molecule has 0 bridgehead atoms. The first-order valence-corrected chi connectivity index (χ1v) is 8.00. The summed E-state index contributed by atoms with van der Waals surface area (Å²) in [4.78, 5) is 15.5. The summed E-state index contributed by atoms with van der Waals surface area (Å²) in [5, 5.41) is 2.05. The molecule has 0 aliphatic rings. The number of thiophene rings is 1. The smallest absolute Gasteiger partial charge is 0.253 e. The third-order valence-corrected chi connectivity index (χ3v) is 4.58. The van der Waals surface area contributed by atoms with Crippen molar-refractivity contribution in [3.05, 3.63) is 50.6 Å². The molecule has 0 aliphatic carbocycles. The molecule has 1 unspecified atom stereocenters. The van der Waals surface area contributed by atoms with Crippen molar-refractivity contribution in [2.45, 2.75) is 19.4 Å². The molecular formula is C15H17BrN2OS. The van der Waals surface area contributed by atoms with Gasteiger partial charge < -0.3 is 10.6 Å². The Hall–Kier alpha value is -1.33. The van der Waals surface area contributed by atoms with Crippen molar-refractivity contribution in [1.82, 2.24) is 4.90 Å². The summed E-state index contributed by atoms with van der Waals surface area (Å²) >= 11 is 5.08. The number of nitrogen functional groups attached to an aromatic ring is 1. The van der Waals surface area contributed by atoms with Crippen LogP contribution in [0, 0.1) is 0 Å². The Bertz CT molecular complexity index is 578. The number of hydrogen-bond acceptors (Lipinski definition) is 3. The fraction of sp³-hybridized carbons (Fsp3) is 0.267. The van der Waals surface area contributed by atoms with E-state index in [1.807, 2.05) is 13.1 Å². The quantitative estimate of drug-likeness (QED) is 0.850. The lowest BCUT2D eigenvalue weighted by Gasteiger charge is -2.25. The molecule has 5 heteroatoms. The summed E-state index contributed by atoms with van der Waals surface area (Å²) in [5.41, 5.74) is 6.98. The highest BCUT2D eigenvalue weighted by Gasteiger charge is 2.18. The molecule has 2 rings (SSSR count). The summed E-state index contributed by atoms with van der Waals surface area (Å²) in [5.74, 6) is -0.0120. The van der Waals surface area contributed by atoms with Gasteiger partial charge in [-0.2, -0.15) is 0 Å². The molecule has 1 aromatic heterocycles. The number of carbonyl (C=O) groups excluding carboxylic acids is 1. The molecule has 0 saturated carbocycles. The van der Waals surface area contributed by atoms with Gasteiger partial charge in [0, 0.05) is 40.1 Å². The molecule has 0 saturated heterocycles. The molecule has 3 nitrogen and oxygen atoms in total. The molecule has 1 amide bonds. The van der Waals surface area contributed by atoms with Gasteiger partial charge in [0.2, 0.25) is 0 Å². The summed E-state index contributed by atoms with van der Waals surface area (Å²) in [6, 6.07) is 9.56. The number of anilines is 1. The zero-order valence-corrected chi connectivity index (χ0v) is 13.9. The minimum absolute atomic E-state index is 0.0120. The van der Waals surface area contributed by atoms with E-state index in [4.69, 9.17) is 5.73 Å². The average molecular weight is 353 g/mol. The average Bonchev–Trinajstić information content (AvgIpc) is 2.88. The van der Waals surface area contributed by atoms with Crippen molar-refractivity contribution >= 4 is 38.9 Å². The molecule has 0 spiro atoms. The maximum absolute atomic E-state index is 12.5. The monoisotopic (exact) mass is 352 g/mol. The number of carbonyl (C=O) groups is 1. The van der Waals surface area contributed by atoms with Crippen LogP contribution in [-0.4, -0.2) is 23.9 Å². The van der Waals surface area contributed by atoms with Crippen LogP contribution in [0.15, 0.2) is 40.2 Å². The second-order valence-electron chi connectivity index (χ2n) is 4.82. The summed E-state index contributed by atoms with van der Waals surface area (Å²) < 4.78 is 0.820. The van der Waals surface area contributed by atoms with Crippen LogP contribution in [-0.2, 0) is 6.42 Å². The number of likely N-dealkylation sites (N-methyl/N-ethyl adjacent to an activating group) is 1. The lowest BCUT2D eigenvalue weighted by atomic mass is 10.1. The van der Waals surface area contributed by atoms with Crippen molar-refractivity contribution in [3.8, 4) is 0 Å². The highest BCUT2D eigenvalue weighted by molar-refractivity contribution is 9.10. The van der Waals surface area contributed by atoms with Crippen molar-refractivity contribution < 1.29 is 4.79 Å². The third kappa shape index (κ3) is 3.61. The van der Waals surface area contributed by atoms with E-state index in [2.05, 4.69) is 34.3 Å². The second kappa shape index (κ2) is 6.41. The molecule has 106 valence electrons. The number of nitrogens with two attached hydrogens (primary N) is 1. The van der Waals surface area contributed by atoms with E-state index in [0.717, 1.165) is 10.9 Å². The van der Waals surface area contributed by atoms with E-state index in [1.165, 1.54) is 4.88 Å². The van der Waals surface area contributed by atoms with Crippen molar-refractivity contribution in [1.29, 1.82) is 0 Å². The molecule has 0 aliphatic heterocycles. The molecule has 2 aromatic rings. The van der Waals surface area contributed by atoms with Gasteiger partial charge >= 0.3 is 0 Å². The van der Waals surface area contributed by atoms with Crippen molar-refractivity contribution in [3.63, 3.8) is 0 Å². The molecule has 1 heterocycles. The Morgan fingerprint density at radius 2 is 2.20 bits per heavy atom. The van der Waals surface area contributed by atoms with Gasteiger partial charge in [0.15, 0.2) is 0 Å². The first kappa shape index (κ1) is 15.1. The normalized spacial score (nSPS) is 12.2. The summed E-state index contributed by atoms with van der Waals surface area (Å²) in [6.07, 6.45) is 0.864. The number of hydrogen-bond donors (Lipinski definition) is 1. The van der Waals surface area contributed by atoms with Gasteiger partial charge in [-0.05, 0) is 36.6 Å². The van der Waals surface area contributed by atoms with Gasteiger partial charge in [-0.3, -0.25) is 4.79 Å². The third-order valence-electron chi connectivity index (χ3n) is 3.23. The largest absolute Gasteiger partial charge is 0.399 e. The van der Waals surface area contributed by atoms with Crippen LogP contribution >= 0.6 is 27.3 Å². The molecule has 0 radical (unpaired) electrons. The minimum atomic E-state index is -0.0120. The summed E-state index contributed by atoms with van der Waals surface area (Å²) in [7, 11) is 1.83. The highest BCUT2D eigenvalue weighted by Crippen LogP contribution is 2.20. The fourth-order valence-electron chi connectivity index (χ4n) is 2.00. The van der Waals surface area contributed by atoms with Crippen LogP contribution in [0.25, 0.3) is 0 Å². The van der Waals surface area contributed by atoms with Gasteiger partial charge in [-0.1, -0.05) is 22.0 Å². The number of benzene rings is 1. The predicted molar refractivity (Wildman–Crippen MR) is 88.1 cm³/mol. The standard InChI is InChI=1S/C15H17BrN2OS/c1-10(6-14-4-3-5-20-14)18(2)15(19)11-7-12(16)9-13(17)8-11/h3-5,7-10H,6,17H2,1-2H3.